The number of methoxy groups -OCH3 is 1. The molecule has 2 aromatic rings. The summed E-state index contributed by atoms with van der Waals surface area (Å²) in [5, 5.41) is 3.63. The van der Waals surface area contributed by atoms with Gasteiger partial charge in [-0.1, -0.05) is 30.3 Å². The topological polar surface area (TPSA) is 34.1 Å². The molecule has 1 heterocycles. The van der Waals surface area contributed by atoms with Gasteiger partial charge in [0.05, 0.1) is 6.04 Å². The van der Waals surface area contributed by atoms with Crippen molar-refractivity contribution in [2.24, 2.45) is 0 Å². The predicted molar refractivity (Wildman–Crippen MR) is 81.6 cm³/mol. The molecule has 0 radical (unpaired) electrons. The molecule has 106 valence electrons. The zero-order valence-electron chi connectivity index (χ0n) is 12.0. The van der Waals surface area contributed by atoms with Crippen LogP contribution in [-0.2, 0) is 4.74 Å². The summed E-state index contributed by atoms with van der Waals surface area (Å²) in [6, 6.07) is 14.9. The van der Waals surface area contributed by atoms with Crippen LogP contribution in [0.2, 0.25) is 0 Å². The fraction of sp³-hybridized carbons (Fsp3) is 0.353. The first-order chi connectivity index (χ1) is 9.92. The third kappa shape index (κ3) is 4.44. The number of nitrogens with one attached hydrogen (secondary N) is 1. The molecule has 3 nitrogen and oxygen atoms in total. The molecule has 0 aliphatic rings. The Morgan fingerprint density at radius 3 is 2.40 bits per heavy atom. The molecule has 3 heteroatoms. The van der Waals surface area contributed by atoms with Crippen LogP contribution >= 0.6 is 0 Å². The Kier molecular flexibility index (Phi) is 6.21. The summed E-state index contributed by atoms with van der Waals surface area (Å²) in [5.74, 6) is 0. The highest BCUT2D eigenvalue weighted by Crippen LogP contribution is 2.21. The Hall–Kier alpha value is -1.71. The Balaban J connectivity index is 2.02. The molecular formula is C17H22N2O. The lowest BCUT2D eigenvalue weighted by Gasteiger charge is -2.19. The van der Waals surface area contributed by atoms with Gasteiger partial charge in [0.2, 0.25) is 0 Å². The quantitative estimate of drug-likeness (QED) is 0.748. The molecule has 2 rings (SSSR count). The lowest BCUT2D eigenvalue weighted by atomic mass is 9.99. The second kappa shape index (κ2) is 8.46. The largest absolute Gasteiger partial charge is 0.385 e. The van der Waals surface area contributed by atoms with E-state index < -0.39 is 0 Å². The highest BCUT2D eigenvalue weighted by atomic mass is 16.5. The van der Waals surface area contributed by atoms with E-state index in [1.54, 1.807) is 7.11 Å². The van der Waals surface area contributed by atoms with E-state index in [0.717, 1.165) is 26.0 Å². The molecule has 1 unspecified atom stereocenters. The van der Waals surface area contributed by atoms with Crippen molar-refractivity contribution >= 4 is 0 Å². The number of hydrogen-bond acceptors (Lipinski definition) is 3. The SMILES string of the molecule is COCCCCNC(c1ccccc1)c1ccncc1. The van der Waals surface area contributed by atoms with E-state index in [9.17, 15) is 0 Å². The zero-order chi connectivity index (χ0) is 14.0. The molecule has 1 aromatic heterocycles. The highest BCUT2D eigenvalue weighted by molar-refractivity contribution is 5.30. The molecular weight excluding hydrogens is 248 g/mol. The van der Waals surface area contributed by atoms with E-state index in [1.165, 1.54) is 11.1 Å². The molecule has 0 aliphatic carbocycles. The molecule has 0 aliphatic heterocycles. The number of ether oxygens (including phenoxy) is 1. The summed E-state index contributed by atoms with van der Waals surface area (Å²) in [6.45, 7) is 1.80. The van der Waals surface area contributed by atoms with Crippen molar-refractivity contribution in [3.05, 3.63) is 66.0 Å². The fourth-order valence-electron chi connectivity index (χ4n) is 2.25. The van der Waals surface area contributed by atoms with Crippen LogP contribution in [0, 0.1) is 0 Å². The van der Waals surface area contributed by atoms with Gasteiger partial charge >= 0.3 is 0 Å². The molecule has 0 saturated carbocycles. The van der Waals surface area contributed by atoms with E-state index in [-0.39, 0.29) is 6.04 Å². The van der Waals surface area contributed by atoms with E-state index in [0.29, 0.717) is 0 Å². The van der Waals surface area contributed by atoms with Gasteiger partial charge in [-0.2, -0.15) is 0 Å². The highest BCUT2D eigenvalue weighted by Gasteiger charge is 2.12. The van der Waals surface area contributed by atoms with Gasteiger partial charge in [0.15, 0.2) is 0 Å². The number of unbranched alkanes of at least 4 members (excludes halogenated alkanes) is 1. The van der Waals surface area contributed by atoms with E-state index in [1.807, 2.05) is 18.5 Å². The average molecular weight is 270 g/mol. The third-order valence-electron chi connectivity index (χ3n) is 3.30. The minimum Gasteiger partial charge on any atom is -0.385 e. The Bertz CT molecular complexity index is 433. The number of pyridine rings is 1. The second-order valence-electron chi connectivity index (χ2n) is 4.78. The Labute approximate surface area is 121 Å². The standard InChI is InChI=1S/C17H22N2O/c1-20-14-6-5-11-19-17(15-7-3-2-4-8-15)16-9-12-18-13-10-16/h2-4,7-10,12-13,17,19H,5-6,11,14H2,1H3. The number of aromatic nitrogens is 1. The monoisotopic (exact) mass is 270 g/mol. The lowest BCUT2D eigenvalue weighted by Crippen LogP contribution is -2.23. The van der Waals surface area contributed by atoms with Crippen molar-refractivity contribution in [2.45, 2.75) is 18.9 Å². The van der Waals surface area contributed by atoms with Gasteiger partial charge in [-0.15, -0.1) is 0 Å². The van der Waals surface area contributed by atoms with E-state index in [2.05, 4.69) is 46.7 Å². The third-order valence-corrected chi connectivity index (χ3v) is 3.30. The maximum absolute atomic E-state index is 5.08. The number of rotatable bonds is 8. The van der Waals surface area contributed by atoms with Gasteiger partial charge in [-0.3, -0.25) is 4.98 Å². The summed E-state index contributed by atoms with van der Waals surface area (Å²) in [6.07, 6.45) is 5.89. The summed E-state index contributed by atoms with van der Waals surface area (Å²) in [4.78, 5) is 4.10. The summed E-state index contributed by atoms with van der Waals surface area (Å²) in [7, 11) is 1.75. The van der Waals surface area contributed by atoms with Gasteiger partial charge in [0.1, 0.15) is 0 Å². The van der Waals surface area contributed by atoms with E-state index >= 15 is 0 Å². The van der Waals surface area contributed by atoms with E-state index in [4.69, 9.17) is 4.74 Å². The Morgan fingerprint density at radius 1 is 1.00 bits per heavy atom. The predicted octanol–water partition coefficient (Wildman–Crippen LogP) is 3.19. The van der Waals surface area contributed by atoms with Crippen LogP contribution in [0.4, 0.5) is 0 Å². The normalized spacial score (nSPS) is 12.2. The molecule has 0 amide bonds. The second-order valence-corrected chi connectivity index (χ2v) is 4.78. The first kappa shape index (κ1) is 14.7. The average Bonchev–Trinajstić information content (AvgIpc) is 2.53. The molecule has 1 N–H and O–H groups in total. The van der Waals surface area contributed by atoms with Crippen LogP contribution in [0.25, 0.3) is 0 Å². The lowest BCUT2D eigenvalue weighted by molar-refractivity contribution is 0.192. The van der Waals surface area contributed by atoms with Crippen molar-refractivity contribution in [2.75, 3.05) is 20.3 Å². The van der Waals surface area contributed by atoms with Gasteiger partial charge in [-0.25, -0.2) is 0 Å². The summed E-state index contributed by atoms with van der Waals surface area (Å²) >= 11 is 0. The zero-order valence-corrected chi connectivity index (χ0v) is 12.0. The molecule has 1 atom stereocenters. The number of hydrogen-bond donors (Lipinski definition) is 1. The molecule has 20 heavy (non-hydrogen) atoms. The minimum atomic E-state index is 0.224. The maximum atomic E-state index is 5.08. The van der Waals surface area contributed by atoms with Gasteiger partial charge in [-0.05, 0) is 42.6 Å². The van der Waals surface area contributed by atoms with Crippen molar-refractivity contribution in [1.29, 1.82) is 0 Å². The molecule has 0 spiro atoms. The van der Waals surface area contributed by atoms with Crippen LogP contribution in [0.3, 0.4) is 0 Å². The van der Waals surface area contributed by atoms with Crippen molar-refractivity contribution in [1.82, 2.24) is 10.3 Å². The molecule has 0 fully saturated rings. The van der Waals surface area contributed by atoms with Gasteiger partial charge in [0, 0.05) is 26.1 Å². The van der Waals surface area contributed by atoms with Crippen LogP contribution in [0.1, 0.15) is 30.0 Å². The fourth-order valence-corrected chi connectivity index (χ4v) is 2.25. The molecule has 0 bridgehead atoms. The summed E-state index contributed by atoms with van der Waals surface area (Å²) in [5.41, 5.74) is 2.53. The number of nitrogens with zero attached hydrogens (tertiary/aromatic N) is 1. The molecule has 1 aromatic carbocycles. The number of benzene rings is 1. The van der Waals surface area contributed by atoms with Crippen LogP contribution in [-0.4, -0.2) is 25.2 Å². The Morgan fingerprint density at radius 2 is 1.70 bits per heavy atom. The van der Waals surface area contributed by atoms with Crippen LogP contribution in [0.5, 0.6) is 0 Å². The first-order valence-corrected chi connectivity index (χ1v) is 7.09. The minimum absolute atomic E-state index is 0.224. The van der Waals surface area contributed by atoms with Crippen molar-refractivity contribution in [3.8, 4) is 0 Å². The van der Waals surface area contributed by atoms with Gasteiger partial charge in [0.25, 0.3) is 0 Å². The van der Waals surface area contributed by atoms with Crippen LogP contribution < -0.4 is 5.32 Å². The van der Waals surface area contributed by atoms with Crippen molar-refractivity contribution < 1.29 is 4.74 Å². The van der Waals surface area contributed by atoms with Gasteiger partial charge < -0.3 is 10.1 Å². The van der Waals surface area contributed by atoms with Crippen LogP contribution in [0.15, 0.2) is 54.9 Å². The molecule has 0 saturated heterocycles. The smallest absolute Gasteiger partial charge is 0.0577 e. The van der Waals surface area contributed by atoms with Crippen molar-refractivity contribution in [3.63, 3.8) is 0 Å². The summed E-state index contributed by atoms with van der Waals surface area (Å²) < 4.78 is 5.08. The maximum Gasteiger partial charge on any atom is 0.0577 e. The first-order valence-electron chi connectivity index (χ1n) is 7.09.